The first kappa shape index (κ1) is 16.0. The van der Waals surface area contributed by atoms with Gasteiger partial charge >= 0.3 is 6.18 Å². The molecule has 0 radical (unpaired) electrons. The van der Waals surface area contributed by atoms with Crippen molar-refractivity contribution in [3.05, 3.63) is 22.2 Å². The molecule has 0 fully saturated rings. The van der Waals surface area contributed by atoms with Gasteiger partial charge in [-0.2, -0.15) is 13.2 Å². The summed E-state index contributed by atoms with van der Waals surface area (Å²) >= 11 is 0. The molecule has 1 heterocycles. The lowest BCUT2D eigenvalue weighted by Crippen LogP contribution is -2.35. The highest BCUT2D eigenvalue weighted by Crippen LogP contribution is 2.26. The van der Waals surface area contributed by atoms with Gasteiger partial charge < -0.3 is 10.2 Å². The van der Waals surface area contributed by atoms with E-state index in [1.54, 1.807) is 6.92 Å². The highest BCUT2D eigenvalue weighted by atomic mass is 19.4. The van der Waals surface area contributed by atoms with Crippen LogP contribution < -0.4 is 10.2 Å². The van der Waals surface area contributed by atoms with Crippen LogP contribution in [0.15, 0.2) is 12.1 Å². The van der Waals surface area contributed by atoms with Crippen molar-refractivity contribution in [3.63, 3.8) is 0 Å². The maximum Gasteiger partial charge on any atom is 0.405 e. The van der Waals surface area contributed by atoms with Crippen molar-refractivity contribution in [2.45, 2.75) is 19.5 Å². The van der Waals surface area contributed by atoms with Gasteiger partial charge in [0.15, 0.2) is 0 Å². The molecule has 0 saturated heterocycles. The van der Waals surface area contributed by atoms with Gasteiger partial charge in [0.25, 0.3) is 5.69 Å². The highest BCUT2D eigenvalue weighted by Gasteiger charge is 2.31. The molecular weight excluding hydrogens is 277 g/mol. The van der Waals surface area contributed by atoms with Gasteiger partial charge in [0.1, 0.15) is 18.2 Å². The molecule has 0 amide bonds. The lowest BCUT2D eigenvalue weighted by molar-refractivity contribution is -0.384. The summed E-state index contributed by atoms with van der Waals surface area (Å²) in [6.07, 6.45) is -3.93. The summed E-state index contributed by atoms with van der Waals surface area (Å²) in [4.78, 5) is 15.1. The van der Waals surface area contributed by atoms with Crippen molar-refractivity contribution in [3.8, 4) is 0 Å². The minimum absolute atomic E-state index is 0.0669. The van der Waals surface area contributed by atoms with E-state index in [4.69, 9.17) is 0 Å². The molecule has 6 nitrogen and oxygen atoms in total. The maximum absolute atomic E-state index is 12.5. The Morgan fingerprint density at radius 2 is 2.10 bits per heavy atom. The minimum Gasteiger partial charge on any atom is -0.373 e. The first-order chi connectivity index (χ1) is 9.26. The number of aromatic nitrogens is 1. The van der Waals surface area contributed by atoms with Crippen molar-refractivity contribution < 1.29 is 18.1 Å². The number of hydrogen-bond donors (Lipinski definition) is 1. The molecule has 0 aliphatic rings. The van der Waals surface area contributed by atoms with Crippen LogP contribution in [0.25, 0.3) is 0 Å². The predicted octanol–water partition coefficient (Wildman–Crippen LogP) is 2.81. The third kappa shape index (κ3) is 4.56. The van der Waals surface area contributed by atoms with E-state index in [1.165, 1.54) is 13.1 Å². The standard InChI is InChI=1S/C11H15F3N4O2/c1-3-4-17(7-11(12,13)14)10-6-8(18(19)20)5-9(15-2)16-10/h5-6H,3-4,7H2,1-2H3,(H,15,16). The Bertz CT molecular complexity index is 479. The Hall–Kier alpha value is -2.06. The maximum atomic E-state index is 12.5. The average molecular weight is 292 g/mol. The van der Waals surface area contributed by atoms with Crippen LogP contribution in [-0.2, 0) is 0 Å². The van der Waals surface area contributed by atoms with E-state index in [1.807, 2.05) is 0 Å². The van der Waals surface area contributed by atoms with E-state index >= 15 is 0 Å². The number of rotatable bonds is 6. The van der Waals surface area contributed by atoms with Crippen LogP contribution in [0.4, 0.5) is 30.5 Å². The summed E-state index contributed by atoms with van der Waals surface area (Å²) in [5.74, 6) is 0.0835. The zero-order valence-electron chi connectivity index (χ0n) is 11.1. The third-order valence-corrected chi connectivity index (χ3v) is 2.45. The number of nitro groups is 1. The number of nitrogens with zero attached hydrogens (tertiary/aromatic N) is 3. The van der Waals surface area contributed by atoms with Crippen molar-refractivity contribution in [2.75, 3.05) is 30.4 Å². The molecule has 0 bridgehead atoms. The van der Waals surface area contributed by atoms with E-state index in [9.17, 15) is 23.3 Å². The molecule has 20 heavy (non-hydrogen) atoms. The van der Waals surface area contributed by atoms with E-state index in [2.05, 4.69) is 10.3 Å². The second-order valence-corrected chi connectivity index (χ2v) is 4.11. The summed E-state index contributed by atoms with van der Waals surface area (Å²) < 4.78 is 37.6. The molecule has 0 unspecified atom stereocenters. The molecule has 0 spiro atoms. The second kappa shape index (κ2) is 6.40. The molecule has 0 saturated carbocycles. The monoisotopic (exact) mass is 292 g/mol. The van der Waals surface area contributed by atoms with Gasteiger partial charge in [-0.1, -0.05) is 6.92 Å². The molecule has 112 valence electrons. The zero-order chi connectivity index (χ0) is 15.3. The van der Waals surface area contributed by atoms with Gasteiger partial charge in [-0.3, -0.25) is 10.1 Å². The zero-order valence-corrected chi connectivity index (χ0v) is 11.1. The summed E-state index contributed by atoms with van der Waals surface area (Å²) in [5, 5.41) is 13.4. The van der Waals surface area contributed by atoms with Gasteiger partial charge in [0.05, 0.1) is 17.1 Å². The molecule has 1 rings (SSSR count). The van der Waals surface area contributed by atoms with Crippen LogP contribution in [0, 0.1) is 10.1 Å². The van der Waals surface area contributed by atoms with E-state index in [0.717, 1.165) is 11.0 Å². The van der Waals surface area contributed by atoms with Crippen molar-refractivity contribution >= 4 is 17.3 Å². The predicted molar refractivity (Wildman–Crippen MR) is 69.0 cm³/mol. The number of hydrogen-bond acceptors (Lipinski definition) is 5. The third-order valence-electron chi connectivity index (χ3n) is 2.45. The Kier molecular flexibility index (Phi) is 5.12. The van der Waals surface area contributed by atoms with Gasteiger partial charge in [0, 0.05) is 13.6 Å². The normalized spacial score (nSPS) is 11.2. The summed E-state index contributed by atoms with van der Waals surface area (Å²) in [7, 11) is 1.49. The van der Waals surface area contributed by atoms with Crippen molar-refractivity contribution in [1.29, 1.82) is 0 Å². The average Bonchev–Trinajstić information content (AvgIpc) is 2.36. The molecular formula is C11H15F3N4O2. The molecule has 0 atom stereocenters. The van der Waals surface area contributed by atoms with Crippen LogP contribution in [0.3, 0.4) is 0 Å². The highest BCUT2D eigenvalue weighted by molar-refractivity contribution is 5.55. The largest absolute Gasteiger partial charge is 0.405 e. The fourth-order valence-corrected chi connectivity index (χ4v) is 1.66. The van der Waals surface area contributed by atoms with Crippen molar-refractivity contribution in [2.24, 2.45) is 0 Å². The second-order valence-electron chi connectivity index (χ2n) is 4.11. The quantitative estimate of drug-likeness (QED) is 0.645. The molecule has 0 aromatic carbocycles. The summed E-state index contributed by atoms with van der Waals surface area (Å²) in [6.45, 7) is 0.634. The summed E-state index contributed by atoms with van der Waals surface area (Å²) in [6, 6.07) is 2.21. The molecule has 1 aromatic rings. The summed E-state index contributed by atoms with van der Waals surface area (Å²) in [5.41, 5.74) is -0.303. The van der Waals surface area contributed by atoms with Gasteiger partial charge in [-0.05, 0) is 6.42 Å². The van der Waals surface area contributed by atoms with Crippen LogP contribution in [0.5, 0.6) is 0 Å². The first-order valence-corrected chi connectivity index (χ1v) is 5.92. The van der Waals surface area contributed by atoms with E-state index < -0.39 is 17.6 Å². The lowest BCUT2D eigenvalue weighted by Gasteiger charge is -2.24. The molecule has 0 aliphatic carbocycles. The van der Waals surface area contributed by atoms with Gasteiger partial charge in [-0.15, -0.1) is 0 Å². The SMILES string of the molecule is CCCN(CC(F)(F)F)c1cc([N+](=O)[O-])cc(NC)n1. The van der Waals surface area contributed by atoms with Crippen molar-refractivity contribution in [1.82, 2.24) is 4.98 Å². The van der Waals surface area contributed by atoms with Gasteiger partial charge in [0.2, 0.25) is 0 Å². The fraction of sp³-hybridized carbons (Fsp3) is 0.545. The smallest absolute Gasteiger partial charge is 0.373 e. The van der Waals surface area contributed by atoms with Crippen LogP contribution >= 0.6 is 0 Å². The fourth-order valence-electron chi connectivity index (χ4n) is 1.66. The lowest BCUT2D eigenvalue weighted by atomic mass is 10.3. The number of pyridine rings is 1. The van der Waals surface area contributed by atoms with Gasteiger partial charge in [-0.25, -0.2) is 4.98 Å². The van der Waals surface area contributed by atoms with E-state index in [-0.39, 0.29) is 23.9 Å². The molecule has 1 aromatic heterocycles. The first-order valence-electron chi connectivity index (χ1n) is 5.92. The molecule has 1 N–H and O–H groups in total. The number of anilines is 2. The Labute approximate surface area is 113 Å². The van der Waals surface area contributed by atoms with Crippen LogP contribution in [0.1, 0.15) is 13.3 Å². The number of alkyl halides is 3. The topological polar surface area (TPSA) is 71.3 Å². The molecule has 9 heteroatoms. The molecule has 0 aliphatic heterocycles. The van der Waals surface area contributed by atoms with E-state index in [0.29, 0.717) is 6.42 Å². The number of nitrogens with one attached hydrogen (secondary N) is 1. The number of halogens is 3. The Balaban J connectivity index is 3.17. The van der Waals surface area contributed by atoms with Crippen LogP contribution in [0.2, 0.25) is 0 Å². The van der Waals surface area contributed by atoms with Crippen LogP contribution in [-0.4, -0.2) is 36.2 Å². The Morgan fingerprint density at radius 3 is 2.55 bits per heavy atom. The Morgan fingerprint density at radius 1 is 1.45 bits per heavy atom. The minimum atomic E-state index is -4.40.